The second kappa shape index (κ2) is 7.31. The van der Waals surface area contributed by atoms with Crippen LogP contribution >= 0.6 is 0 Å². The highest BCUT2D eigenvalue weighted by Crippen LogP contribution is 2.35. The summed E-state index contributed by atoms with van der Waals surface area (Å²) in [5.74, 6) is 0.637. The fourth-order valence-corrected chi connectivity index (χ4v) is 4.82. The van der Waals surface area contributed by atoms with E-state index in [2.05, 4.69) is 47.0 Å². The van der Waals surface area contributed by atoms with Crippen LogP contribution in [0.4, 0.5) is 4.79 Å². The normalized spacial score (nSPS) is 22.7. The van der Waals surface area contributed by atoms with Gasteiger partial charge >= 0.3 is 6.09 Å². The monoisotopic (exact) mass is 355 g/mol. The van der Waals surface area contributed by atoms with Gasteiger partial charge in [0.1, 0.15) is 0 Å². The third kappa shape index (κ3) is 3.20. The van der Waals surface area contributed by atoms with Gasteiger partial charge in [0.05, 0.1) is 7.11 Å². The van der Waals surface area contributed by atoms with E-state index in [4.69, 9.17) is 4.74 Å². The number of aromatic nitrogens is 1. The lowest BCUT2D eigenvalue weighted by Crippen LogP contribution is -2.51. The number of fused-ring (bicyclic) bond motifs is 1. The number of amides is 1. The molecule has 2 fully saturated rings. The van der Waals surface area contributed by atoms with Crippen molar-refractivity contribution >= 4 is 17.0 Å². The molecule has 0 aliphatic carbocycles. The Morgan fingerprint density at radius 3 is 2.65 bits per heavy atom. The van der Waals surface area contributed by atoms with E-state index in [1.54, 1.807) is 0 Å². The number of carbonyl (C=O) groups is 1. The molecule has 1 aromatic heterocycles. The highest BCUT2D eigenvalue weighted by atomic mass is 16.5. The zero-order valence-corrected chi connectivity index (χ0v) is 15.9. The van der Waals surface area contributed by atoms with Gasteiger partial charge in [0.25, 0.3) is 0 Å². The van der Waals surface area contributed by atoms with Crippen LogP contribution in [0.15, 0.2) is 30.5 Å². The molecule has 4 rings (SSSR count). The van der Waals surface area contributed by atoms with Crippen molar-refractivity contribution in [2.45, 2.75) is 37.6 Å². The maximum atomic E-state index is 11.8. The minimum absolute atomic E-state index is 0.180. The van der Waals surface area contributed by atoms with E-state index in [9.17, 15) is 4.79 Å². The molecule has 1 aromatic carbocycles. The molecule has 0 radical (unpaired) electrons. The molecular weight excluding hydrogens is 326 g/mol. The minimum atomic E-state index is -0.180. The smallest absolute Gasteiger partial charge is 0.409 e. The van der Waals surface area contributed by atoms with Crippen molar-refractivity contribution in [2.24, 2.45) is 7.05 Å². The molecule has 2 saturated heterocycles. The molecule has 3 heterocycles. The first kappa shape index (κ1) is 17.4. The number of carbonyl (C=O) groups excluding carboxylic acids is 1. The second-order valence-electron chi connectivity index (χ2n) is 7.73. The van der Waals surface area contributed by atoms with Crippen LogP contribution in [0.3, 0.4) is 0 Å². The van der Waals surface area contributed by atoms with Crippen LogP contribution in [0.5, 0.6) is 0 Å². The fraction of sp³-hybridized carbons (Fsp3) is 0.571. The van der Waals surface area contributed by atoms with Crippen LogP contribution in [0, 0.1) is 0 Å². The average molecular weight is 355 g/mol. The molecule has 5 heteroatoms. The Morgan fingerprint density at radius 1 is 1.12 bits per heavy atom. The predicted octanol–water partition coefficient (Wildman–Crippen LogP) is 3.59. The standard InChI is InChI=1S/C21H29N3O2/c1-22-15-19(18-7-3-4-8-20(18)22)16-9-12-23(13-10-16)17-6-5-11-24(14-17)21(25)26-2/h3-4,7-8,15-17H,5-6,9-14H2,1-2H3. The van der Waals surface area contributed by atoms with Crippen molar-refractivity contribution in [3.63, 3.8) is 0 Å². The van der Waals surface area contributed by atoms with Gasteiger partial charge in [-0.3, -0.25) is 4.90 Å². The van der Waals surface area contributed by atoms with E-state index in [0.717, 1.165) is 32.6 Å². The lowest BCUT2D eigenvalue weighted by Gasteiger charge is -2.42. The Morgan fingerprint density at radius 2 is 1.88 bits per heavy atom. The van der Waals surface area contributed by atoms with E-state index in [1.165, 1.54) is 42.8 Å². The molecule has 26 heavy (non-hydrogen) atoms. The number of para-hydroxylation sites is 1. The van der Waals surface area contributed by atoms with Crippen LogP contribution in [0.1, 0.15) is 37.2 Å². The summed E-state index contributed by atoms with van der Waals surface area (Å²) in [6, 6.07) is 9.20. The van der Waals surface area contributed by atoms with Gasteiger partial charge in [0.15, 0.2) is 0 Å². The number of aryl methyl sites for hydroxylation is 1. The number of ether oxygens (including phenoxy) is 1. The van der Waals surface area contributed by atoms with Gasteiger partial charge in [-0.1, -0.05) is 18.2 Å². The van der Waals surface area contributed by atoms with E-state index in [-0.39, 0.29) is 6.09 Å². The van der Waals surface area contributed by atoms with Gasteiger partial charge < -0.3 is 14.2 Å². The second-order valence-corrected chi connectivity index (χ2v) is 7.73. The molecule has 0 saturated carbocycles. The van der Waals surface area contributed by atoms with Gasteiger partial charge in [-0.25, -0.2) is 4.79 Å². The number of rotatable bonds is 2. The Kier molecular flexibility index (Phi) is 4.90. The largest absolute Gasteiger partial charge is 0.453 e. The zero-order valence-electron chi connectivity index (χ0n) is 15.9. The Bertz CT molecular complexity index is 777. The molecule has 2 aliphatic heterocycles. The summed E-state index contributed by atoms with van der Waals surface area (Å²) in [6.45, 7) is 3.88. The fourth-order valence-electron chi connectivity index (χ4n) is 4.82. The van der Waals surface area contributed by atoms with Crippen LogP contribution in [-0.4, -0.2) is 59.8 Å². The summed E-state index contributed by atoms with van der Waals surface area (Å²) in [5.41, 5.74) is 2.83. The van der Waals surface area contributed by atoms with Crippen molar-refractivity contribution in [1.82, 2.24) is 14.4 Å². The lowest BCUT2D eigenvalue weighted by atomic mass is 9.88. The van der Waals surface area contributed by atoms with Gasteiger partial charge in [-0.15, -0.1) is 0 Å². The molecule has 1 atom stereocenters. The molecule has 1 unspecified atom stereocenters. The van der Waals surface area contributed by atoms with Crippen LogP contribution in [-0.2, 0) is 11.8 Å². The molecule has 1 amide bonds. The number of hydrogen-bond donors (Lipinski definition) is 0. The SMILES string of the molecule is COC(=O)N1CCCC(N2CCC(c3cn(C)c4ccccc34)CC2)C1. The number of methoxy groups -OCH3 is 1. The Hall–Kier alpha value is -2.01. The van der Waals surface area contributed by atoms with E-state index >= 15 is 0 Å². The molecule has 2 aliphatic rings. The molecule has 140 valence electrons. The van der Waals surface area contributed by atoms with Crippen molar-refractivity contribution in [3.8, 4) is 0 Å². The highest BCUT2D eigenvalue weighted by molar-refractivity contribution is 5.84. The molecule has 0 spiro atoms. The third-order valence-corrected chi connectivity index (χ3v) is 6.24. The maximum Gasteiger partial charge on any atom is 0.409 e. The Balaban J connectivity index is 1.42. The third-order valence-electron chi connectivity index (χ3n) is 6.24. The first-order valence-corrected chi connectivity index (χ1v) is 9.78. The molecular formula is C21H29N3O2. The number of likely N-dealkylation sites (tertiary alicyclic amines) is 2. The highest BCUT2D eigenvalue weighted by Gasteiger charge is 2.31. The summed E-state index contributed by atoms with van der Waals surface area (Å²) >= 11 is 0. The van der Waals surface area contributed by atoms with Gasteiger partial charge in [-0.05, 0) is 56.3 Å². The number of hydrogen-bond acceptors (Lipinski definition) is 3. The maximum absolute atomic E-state index is 11.8. The number of piperidine rings is 2. The molecule has 2 aromatic rings. The first-order chi connectivity index (χ1) is 12.7. The van der Waals surface area contributed by atoms with E-state index in [1.807, 2.05) is 4.90 Å². The molecule has 0 N–H and O–H groups in total. The topological polar surface area (TPSA) is 37.7 Å². The van der Waals surface area contributed by atoms with Gasteiger partial charge in [0.2, 0.25) is 0 Å². The van der Waals surface area contributed by atoms with Gasteiger partial charge in [0, 0.05) is 43.3 Å². The minimum Gasteiger partial charge on any atom is -0.453 e. The van der Waals surface area contributed by atoms with E-state index < -0.39 is 0 Å². The van der Waals surface area contributed by atoms with E-state index in [0.29, 0.717) is 12.0 Å². The molecule has 5 nitrogen and oxygen atoms in total. The van der Waals surface area contributed by atoms with Gasteiger partial charge in [-0.2, -0.15) is 0 Å². The quantitative estimate of drug-likeness (QED) is 0.826. The summed E-state index contributed by atoms with van der Waals surface area (Å²) < 4.78 is 7.17. The summed E-state index contributed by atoms with van der Waals surface area (Å²) in [6.07, 6.45) is 6.80. The summed E-state index contributed by atoms with van der Waals surface area (Å²) in [5, 5.41) is 1.41. The lowest BCUT2D eigenvalue weighted by molar-refractivity contribution is 0.0649. The average Bonchev–Trinajstić information content (AvgIpc) is 3.04. The predicted molar refractivity (Wildman–Crippen MR) is 103 cm³/mol. The summed E-state index contributed by atoms with van der Waals surface area (Å²) in [7, 11) is 3.62. The Labute approximate surface area is 155 Å². The van der Waals surface area contributed by atoms with Crippen molar-refractivity contribution in [2.75, 3.05) is 33.3 Å². The van der Waals surface area contributed by atoms with Crippen molar-refractivity contribution in [1.29, 1.82) is 0 Å². The van der Waals surface area contributed by atoms with Crippen LogP contribution in [0.2, 0.25) is 0 Å². The zero-order chi connectivity index (χ0) is 18.1. The number of benzene rings is 1. The summed E-state index contributed by atoms with van der Waals surface area (Å²) in [4.78, 5) is 16.3. The van der Waals surface area contributed by atoms with Crippen LogP contribution < -0.4 is 0 Å². The first-order valence-electron chi connectivity index (χ1n) is 9.78. The van der Waals surface area contributed by atoms with Crippen molar-refractivity contribution in [3.05, 3.63) is 36.0 Å². The van der Waals surface area contributed by atoms with Crippen molar-refractivity contribution < 1.29 is 9.53 Å². The van der Waals surface area contributed by atoms with Crippen LogP contribution in [0.25, 0.3) is 10.9 Å². The molecule has 0 bridgehead atoms. The number of nitrogens with zero attached hydrogens (tertiary/aromatic N) is 3.